The molecule has 0 radical (unpaired) electrons. The number of amides is 1. The molecular formula is C15H21ClN2O2. The van der Waals surface area contributed by atoms with E-state index in [1.165, 1.54) is 0 Å². The second-order valence-electron chi connectivity index (χ2n) is 5.31. The van der Waals surface area contributed by atoms with Crippen LogP contribution >= 0.6 is 11.6 Å². The number of benzene rings is 1. The summed E-state index contributed by atoms with van der Waals surface area (Å²) in [7, 11) is 2.07. The Morgan fingerprint density at radius 1 is 1.25 bits per heavy atom. The minimum Gasteiger partial charge on any atom is -0.388 e. The molecule has 20 heavy (non-hydrogen) atoms. The first-order valence-corrected chi connectivity index (χ1v) is 7.34. The summed E-state index contributed by atoms with van der Waals surface area (Å²) >= 11 is 5.81. The number of rotatable bonds is 3. The predicted molar refractivity (Wildman–Crippen MR) is 79.7 cm³/mol. The van der Waals surface area contributed by atoms with Crippen LogP contribution in [0, 0.1) is 0 Å². The van der Waals surface area contributed by atoms with Crippen molar-refractivity contribution in [3.05, 3.63) is 34.9 Å². The van der Waals surface area contributed by atoms with Crippen molar-refractivity contribution in [1.82, 2.24) is 9.80 Å². The Hall–Kier alpha value is -1.10. The van der Waals surface area contributed by atoms with E-state index in [1.54, 1.807) is 24.3 Å². The molecule has 0 bridgehead atoms. The standard InChI is InChI=1S/C15H21ClN2O2/c1-17-7-2-8-18(10-9-17)15(20)11-14(19)12-3-5-13(16)6-4-12/h3-6,14,19H,2,7-11H2,1H3. The van der Waals surface area contributed by atoms with Crippen LogP contribution in [0.2, 0.25) is 5.02 Å². The SMILES string of the molecule is CN1CCCN(C(=O)CC(O)c2ccc(Cl)cc2)CC1. The Balaban J connectivity index is 1.91. The summed E-state index contributed by atoms with van der Waals surface area (Å²) in [5, 5.41) is 10.8. The lowest BCUT2D eigenvalue weighted by Gasteiger charge is -2.22. The highest BCUT2D eigenvalue weighted by Crippen LogP contribution is 2.20. The van der Waals surface area contributed by atoms with E-state index in [0.717, 1.165) is 38.2 Å². The molecule has 1 heterocycles. The lowest BCUT2D eigenvalue weighted by atomic mass is 10.1. The fourth-order valence-electron chi connectivity index (χ4n) is 2.39. The smallest absolute Gasteiger partial charge is 0.225 e. The summed E-state index contributed by atoms with van der Waals surface area (Å²) in [5.41, 5.74) is 0.731. The van der Waals surface area contributed by atoms with Gasteiger partial charge in [0.2, 0.25) is 5.91 Å². The van der Waals surface area contributed by atoms with E-state index in [4.69, 9.17) is 11.6 Å². The molecule has 5 heteroatoms. The van der Waals surface area contributed by atoms with E-state index in [-0.39, 0.29) is 12.3 Å². The van der Waals surface area contributed by atoms with Gasteiger partial charge >= 0.3 is 0 Å². The quantitative estimate of drug-likeness (QED) is 0.927. The molecule has 0 saturated carbocycles. The van der Waals surface area contributed by atoms with Crippen LogP contribution in [0.25, 0.3) is 0 Å². The maximum atomic E-state index is 12.2. The third-order valence-corrected chi connectivity index (χ3v) is 3.95. The van der Waals surface area contributed by atoms with Crippen LogP contribution in [0.3, 0.4) is 0 Å². The van der Waals surface area contributed by atoms with Crippen molar-refractivity contribution in [1.29, 1.82) is 0 Å². The molecule has 0 spiro atoms. The fourth-order valence-corrected chi connectivity index (χ4v) is 2.52. The van der Waals surface area contributed by atoms with Gasteiger partial charge in [0.25, 0.3) is 0 Å². The number of hydrogen-bond acceptors (Lipinski definition) is 3. The lowest BCUT2D eigenvalue weighted by molar-refractivity contribution is -0.133. The summed E-state index contributed by atoms with van der Waals surface area (Å²) in [5.74, 6) is 0.0164. The highest BCUT2D eigenvalue weighted by atomic mass is 35.5. The number of nitrogens with zero attached hydrogens (tertiary/aromatic N) is 2. The maximum absolute atomic E-state index is 12.2. The van der Waals surface area contributed by atoms with Crippen molar-refractivity contribution in [3.63, 3.8) is 0 Å². The molecule has 1 aromatic rings. The van der Waals surface area contributed by atoms with E-state index in [1.807, 2.05) is 4.90 Å². The van der Waals surface area contributed by atoms with Crippen molar-refractivity contribution in [2.45, 2.75) is 18.9 Å². The number of likely N-dealkylation sites (N-methyl/N-ethyl adjacent to an activating group) is 1. The Morgan fingerprint density at radius 2 is 1.95 bits per heavy atom. The summed E-state index contributed by atoms with van der Waals surface area (Å²) in [4.78, 5) is 16.3. The van der Waals surface area contributed by atoms with Gasteiger partial charge in [-0.1, -0.05) is 23.7 Å². The van der Waals surface area contributed by atoms with Crippen LogP contribution in [0.15, 0.2) is 24.3 Å². The van der Waals surface area contributed by atoms with E-state index in [0.29, 0.717) is 5.02 Å². The molecule has 2 rings (SSSR count). The molecule has 1 aromatic carbocycles. The largest absolute Gasteiger partial charge is 0.388 e. The zero-order valence-corrected chi connectivity index (χ0v) is 12.5. The molecule has 1 saturated heterocycles. The molecule has 1 aliphatic heterocycles. The number of halogens is 1. The van der Waals surface area contributed by atoms with Crippen LogP contribution in [-0.2, 0) is 4.79 Å². The average Bonchev–Trinajstić information content (AvgIpc) is 2.64. The van der Waals surface area contributed by atoms with Gasteiger partial charge in [0.15, 0.2) is 0 Å². The molecule has 4 nitrogen and oxygen atoms in total. The molecule has 1 fully saturated rings. The van der Waals surface area contributed by atoms with Gasteiger partial charge in [-0.05, 0) is 37.7 Å². The summed E-state index contributed by atoms with van der Waals surface area (Å²) in [6.07, 6.45) is 0.353. The van der Waals surface area contributed by atoms with Crippen molar-refractivity contribution in [2.24, 2.45) is 0 Å². The third-order valence-electron chi connectivity index (χ3n) is 3.69. The van der Waals surface area contributed by atoms with Gasteiger partial charge in [0.1, 0.15) is 0 Å². The van der Waals surface area contributed by atoms with E-state index < -0.39 is 6.10 Å². The zero-order valence-electron chi connectivity index (χ0n) is 11.8. The van der Waals surface area contributed by atoms with Crippen molar-refractivity contribution in [2.75, 3.05) is 33.2 Å². The second-order valence-corrected chi connectivity index (χ2v) is 5.75. The number of hydrogen-bond donors (Lipinski definition) is 1. The van der Waals surface area contributed by atoms with Gasteiger partial charge in [0.05, 0.1) is 12.5 Å². The highest BCUT2D eigenvalue weighted by molar-refractivity contribution is 6.30. The maximum Gasteiger partial charge on any atom is 0.225 e. The molecule has 0 aliphatic carbocycles. The van der Waals surface area contributed by atoms with E-state index in [2.05, 4.69) is 11.9 Å². The van der Waals surface area contributed by atoms with Gasteiger partial charge in [-0.3, -0.25) is 4.79 Å². The first-order valence-electron chi connectivity index (χ1n) is 6.96. The molecule has 1 aliphatic rings. The fraction of sp³-hybridized carbons (Fsp3) is 0.533. The Kier molecular flexibility index (Phi) is 5.40. The minimum atomic E-state index is -0.763. The van der Waals surface area contributed by atoms with Crippen LogP contribution in [-0.4, -0.2) is 54.0 Å². The van der Waals surface area contributed by atoms with Gasteiger partial charge in [0, 0.05) is 24.7 Å². The Morgan fingerprint density at radius 3 is 2.65 bits per heavy atom. The third kappa shape index (κ3) is 4.20. The van der Waals surface area contributed by atoms with Crippen LogP contribution in [0.1, 0.15) is 24.5 Å². The first-order chi connectivity index (χ1) is 9.56. The Bertz CT molecular complexity index is 450. The monoisotopic (exact) mass is 296 g/mol. The van der Waals surface area contributed by atoms with Crippen molar-refractivity contribution < 1.29 is 9.90 Å². The van der Waals surface area contributed by atoms with Crippen LogP contribution < -0.4 is 0 Å². The summed E-state index contributed by atoms with van der Waals surface area (Å²) in [6, 6.07) is 6.98. The number of aliphatic hydroxyl groups excluding tert-OH is 1. The second kappa shape index (κ2) is 7.07. The van der Waals surface area contributed by atoms with Crippen molar-refractivity contribution in [3.8, 4) is 0 Å². The number of carbonyl (C=O) groups is 1. The van der Waals surface area contributed by atoms with Gasteiger partial charge in [-0.25, -0.2) is 0 Å². The summed E-state index contributed by atoms with van der Waals surface area (Å²) < 4.78 is 0. The summed E-state index contributed by atoms with van der Waals surface area (Å²) in [6.45, 7) is 3.42. The van der Waals surface area contributed by atoms with Crippen LogP contribution in [0.5, 0.6) is 0 Å². The topological polar surface area (TPSA) is 43.8 Å². The molecule has 1 N–H and O–H groups in total. The highest BCUT2D eigenvalue weighted by Gasteiger charge is 2.20. The molecule has 1 amide bonds. The zero-order chi connectivity index (χ0) is 14.5. The number of carbonyl (C=O) groups excluding carboxylic acids is 1. The predicted octanol–water partition coefficient (Wildman–Crippen LogP) is 1.93. The molecule has 1 unspecified atom stereocenters. The molecular weight excluding hydrogens is 276 g/mol. The normalized spacial score (nSPS) is 18.6. The van der Waals surface area contributed by atoms with Gasteiger partial charge in [-0.15, -0.1) is 0 Å². The minimum absolute atomic E-state index is 0.0164. The molecule has 0 aromatic heterocycles. The molecule has 1 atom stereocenters. The Labute approximate surface area is 124 Å². The van der Waals surface area contributed by atoms with Crippen LogP contribution in [0.4, 0.5) is 0 Å². The lowest BCUT2D eigenvalue weighted by Crippen LogP contribution is -2.35. The molecule has 110 valence electrons. The van der Waals surface area contributed by atoms with Crippen molar-refractivity contribution >= 4 is 17.5 Å². The van der Waals surface area contributed by atoms with E-state index in [9.17, 15) is 9.90 Å². The van der Waals surface area contributed by atoms with E-state index >= 15 is 0 Å². The number of aliphatic hydroxyl groups is 1. The van der Waals surface area contributed by atoms with Gasteiger partial charge < -0.3 is 14.9 Å². The first kappa shape index (κ1) is 15.3. The average molecular weight is 297 g/mol. The van der Waals surface area contributed by atoms with Gasteiger partial charge in [-0.2, -0.15) is 0 Å².